The van der Waals surface area contributed by atoms with Crippen molar-refractivity contribution in [3.05, 3.63) is 23.7 Å². The summed E-state index contributed by atoms with van der Waals surface area (Å²) in [4.78, 5) is 11.2. The SMILES string of the molecule is O=C1C=C2OCOC2=CC1CCl. The van der Waals surface area contributed by atoms with Crippen LogP contribution in [0.15, 0.2) is 23.7 Å². The molecule has 0 aromatic heterocycles. The summed E-state index contributed by atoms with van der Waals surface area (Å²) >= 11 is 5.57. The molecular formula is C8H7ClO3. The number of ether oxygens (including phenoxy) is 2. The molecule has 0 radical (unpaired) electrons. The Labute approximate surface area is 74.6 Å². The number of carbonyl (C=O) groups is 1. The van der Waals surface area contributed by atoms with Crippen LogP contribution in [0, 0.1) is 5.92 Å². The predicted molar refractivity (Wildman–Crippen MR) is 42.4 cm³/mol. The number of ketones is 1. The van der Waals surface area contributed by atoms with E-state index in [0.29, 0.717) is 11.5 Å². The lowest BCUT2D eigenvalue weighted by Gasteiger charge is -2.10. The highest BCUT2D eigenvalue weighted by molar-refractivity contribution is 6.20. The topological polar surface area (TPSA) is 35.5 Å². The van der Waals surface area contributed by atoms with Gasteiger partial charge >= 0.3 is 0 Å². The molecule has 4 heteroatoms. The van der Waals surface area contributed by atoms with Gasteiger partial charge < -0.3 is 9.47 Å². The number of halogens is 1. The number of carbonyl (C=O) groups excluding carboxylic acids is 1. The van der Waals surface area contributed by atoms with E-state index in [-0.39, 0.29) is 24.4 Å². The normalized spacial score (nSPS) is 26.8. The zero-order chi connectivity index (χ0) is 8.55. The third-order valence-electron chi connectivity index (χ3n) is 1.83. The quantitative estimate of drug-likeness (QED) is 0.578. The maximum atomic E-state index is 11.2. The maximum absolute atomic E-state index is 11.2. The zero-order valence-corrected chi connectivity index (χ0v) is 7.00. The van der Waals surface area contributed by atoms with Crippen molar-refractivity contribution in [1.29, 1.82) is 0 Å². The standard InChI is InChI=1S/C8H7ClO3/c9-3-5-1-7-8(2-6(5)10)12-4-11-7/h1-2,5H,3-4H2. The summed E-state index contributed by atoms with van der Waals surface area (Å²) in [6, 6.07) is 0. The van der Waals surface area contributed by atoms with Gasteiger partial charge in [0.25, 0.3) is 0 Å². The Hall–Kier alpha value is -0.960. The van der Waals surface area contributed by atoms with Crippen molar-refractivity contribution in [2.45, 2.75) is 0 Å². The Morgan fingerprint density at radius 2 is 2.25 bits per heavy atom. The lowest BCUT2D eigenvalue weighted by atomic mass is 10.00. The van der Waals surface area contributed by atoms with Crippen LogP contribution in [-0.4, -0.2) is 18.5 Å². The number of hydrogen-bond acceptors (Lipinski definition) is 3. The fourth-order valence-corrected chi connectivity index (χ4v) is 1.40. The molecule has 0 aromatic carbocycles. The highest BCUT2D eigenvalue weighted by atomic mass is 35.5. The fourth-order valence-electron chi connectivity index (χ4n) is 1.16. The Morgan fingerprint density at radius 1 is 1.50 bits per heavy atom. The van der Waals surface area contributed by atoms with Gasteiger partial charge in [-0.15, -0.1) is 11.6 Å². The molecule has 2 rings (SSSR count). The third kappa shape index (κ3) is 1.10. The Morgan fingerprint density at radius 3 is 3.00 bits per heavy atom. The molecule has 12 heavy (non-hydrogen) atoms. The fraction of sp³-hybridized carbons (Fsp3) is 0.375. The minimum Gasteiger partial charge on any atom is -0.454 e. The predicted octanol–water partition coefficient (Wildman–Crippen LogP) is 1.20. The van der Waals surface area contributed by atoms with Gasteiger partial charge in [-0.05, 0) is 6.08 Å². The molecule has 1 atom stereocenters. The van der Waals surface area contributed by atoms with Gasteiger partial charge in [0, 0.05) is 12.0 Å². The molecule has 3 nitrogen and oxygen atoms in total. The molecule has 0 amide bonds. The van der Waals surface area contributed by atoms with Gasteiger partial charge in [-0.3, -0.25) is 4.79 Å². The van der Waals surface area contributed by atoms with Crippen LogP contribution in [0.2, 0.25) is 0 Å². The van der Waals surface area contributed by atoms with Crippen molar-refractivity contribution in [1.82, 2.24) is 0 Å². The van der Waals surface area contributed by atoms with E-state index in [1.54, 1.807) is 6.08 Å². The van der Waals surface area contributed by atoms with Gasteiger partial charge in [-0.25, -0.2) is 0 Å². The first kappa shape index (κ1) is 7.68. The minimum absolute atomic E-state index is 0.0192. The molecule has 1 saturated heterocycles. The molecular weight excluding hydrogens is 180 g/mol. The Balaban J connectivity index is 2.29. The second-order valence-electron chi connectivity index (χ2n) is 2.61. The van der Waals surface area contributed by atoms with Crippen LogP contribution in [-0.2, 0) is 14.3 Å². The second-order valence-corrected chi connectivity index (χ2v) is 2.92. The molecule has 64 valence electrons. The maximum Gasteiger partial charge on any atom is 0.231 e. The number of hydrogen-bond donors (Lipinski definition) is 0. The molecule has 1 aliphatic heterocycles. The first-order valence-electron chi connectivity index (χ1n) is 3.60. The monoisotopic (exact) mass is 186 g/mol. The van der Waals surface area contributed by atoms with Crippen LogP contribution < -0.4 is 0 Å². The molecule has 1 unspecified atom stereocenters. The van der Waals surface area contributed by atoms with Crippen molar-refractivity contribution in [3.63, 3.8) is 0 Å². The minimum atomic E-state index is -0.257. The van der Waals surface area contributed by atoms with Gasteiger partial charge in [-0.1, -0.05) is 0 Å². The highest BCUT2D eigenvalue weighted by Gasteiger charge is 2.27. The summed E-state index contributed by atoms with van der Waals surface area (Å²) in [5.41, 5.74) is 0. The molecule has 0 spiro atoms. The summed E-state index contributed by atoms with van der Waals surface area (Å²) in [6.07, 6.45) is 3.15. The molecule has 0 saturated carbocycles. The average Bonchev–Trinajstić information content (AvgIpc) is 2.49. The molecule has 0 bridgehead atoms. The Kier molecular flexibility index (Phi) is 1.81. The number of rotatable bonds is 1. The van der Waals surface area contributed by atoms with Crippen LogP contribution in [0.5, 0.6) is 0 Å². The first-order valence-corrected chi connectivity index (χ1v) is 4.14. The van der Waals surface area contributed by atoms with Crippen molar-refractivity contribution in [2.75, 3.05) is 12.7 Å². The van der Waals surface area contributed by atoms with E-state index in [2.05, 4.69) is 0 Å². The van der Waals surface area contributed by atoms with Crippen LogP contribution in [0.4, 0.5) is 0 Å². The van der Waals surface area contributed by atoms with Crippen LogP contribution in [0.1, 0.15) is 0 Å². The summed E-state index contributed by atoms with van der Waals surface area (Å²) in [6.45, 7) is 0.194. The summed E-state index contributed by atoms with van der Waals surface area (Å²) in [5, 5.41) is 0. The zero-order valence-electron chi connectivity index (χ0n) is 6.25. The number of allylic oxidation sites excluding steroid dienone is 2. The van der Waals surface area contributed by atoms with Gasteiger partial charge in [0.1, 0.15) is 0 Å². The van der Waals surface area contributed by atoms with Gasteiger partial charge in [0.05, 0.1) is 5.92 Å². The highest BCUT2D eigenvalue weighted by Crippen LogP contribution is 2.27. The average molecular weight is 187 g/mol. The lowest BCUT2D eigenvalue weighted by Crippen LogP contribution is -2.16. The van der Waals surface area contributed by atoms with E-state index in [1.807, 2.05) is 0 Å². The van der Waals surface area contributed by atoms with Crippen molar-refractivity contribution in [2.24, 2.45) is 5.92 Å². The number of alkyl halides is 1. The van der Waals surface area contributed by atoms with E-state index >= 15 is 0 Å². The second kappa shape index (κ2) is 2.83. The van der Waals surface area contributed by atoms with E-state index in [9.17, 15) is 4.79 Å². The summed E-state index contributed by atoms with van der Waals surface area (Å²) < 4.78 is 10.1. The third-order valence-corrected chi connectivity index (χ3v) is 2.16. The molecule has 1 aliphatic carbocycles. The van der Waals surface area contributed by atoms with E-state index in [4.69, 9.17) is 21.1 Å². The van der Waals surface area contributed by atoms with Gasteiger partial charge in [0.15, 0.2) is 17.3 Å². The smallest absolute Gasteiger partial charge is 0.231 e. The largest absolute Gasteiger partial charge is 0.454 e. The van der Waals surface area contributed by atoms with Crippen LogP contribution >= 0.6 is 11.6 Å². The van der Waals surface area contributed by atoms with Crippen molar-refractivity contribution in [3.8, 4) is 0 Å². The molecule has 0 N–H and O–H groups in total. The van der Waals surface area contributed by atoms with Gasteiger partial charge in [0.2, 0.25) is 6.79 Å². The van der Waals surface area contributed by atoms with E-state index in [1.165, 1.54) is 6.08 Å². The van der Waals surface area contributed by atoms with Crippen molar-refractivity contribution < 1.29 is 14.3 Å². The summed E-state index contributed by atoms with van der Waals surface area (Å²) in [7, 11) is 0. The van der Waals surface area contributed by atoms with Crippen LogP contribution in [0.25, 0.3) is 0 Å². The van der Waals surface area contributed by atoms with E-state index < -0.39 is 0 Å². The van der Waals surface area contributed by atoms with Crippen LogP contribution in [0.3, 0.4) is 0 Å². The molecule has 1 fully saturated rings. The number of fused-ring (bicyclic) bond motifs is 1. The van der Waals surface area contributed by atoms with E-state index in [0.717, 1.165) is 0 Å². The van der Waals surface area contributed by atoms with Gasteiger partial charge in [-0.2, -0.15) is 0 Å². The Bertz CT molecular complexity index is 280. The molecule has 1 heterocycles. The first-order chi connectivity index (χ1) is 5.81. The lowest BCUT2D eigenvalue weighted by molar-refractivity contribution is -0.116. The molecule has 2 aliphatic rings. The summed E-state index contributed by atoms with van der Waals surface area (Å²) in [5.74, 6) is 1.18. The molecule has 0 aromatic rings. The van der Waals surface area contributed by atoms with Crippen molar-refractivity contribution >= 4 is 17.4 Å².